The quantitative estimate of drug-likeness (QED) is 0.829. The van der Waals surface area contributed by atoms with E-state index in [9.17, 15) is 0 Å². The summed E-state index contributed by atoms with van der Waals surface area (Å²) in [5.41, 5.74) is 0. The number of halogens is 1. The Bertz CT molecular complexity index is 467. The van der Waals surface area contributed by atoms with Crippen molar-refractivity contribution in [2.45, 2.75) is 6.92 Å². The second-order valence-electron chi connectivity index (χ2n) is 3.92. The minimum Gasteiger partial charge on any atom is -0.368 e. The van der Waals surface area contributed by atoms with Crippen molar-refractivity contribution in [2.75, 3.05) is 17.7 Å². The Hall–Kier alpha value is -1.35. The molecule has 0 radical (unpaired) electrons. The van der Waals surface area contributed by atoms with Crippen molar-refractivity contribution >= 4 is 28.2 Å². The summed E-state index contributed by atoms with van der Waals surface area (Å²) in [4.78, 5) is 0. The Morgan fingerprint density at radius 2 is 2.19 bits per heavy atom. The third kappa shape index (κ3) is 2.42. The summed E-state index contributed by atoms with van der Waals surface area (Å²) in [5.74, 6) is 1.89. The third-order valence-electron chi connectivity index (χ3n) is 2.45. The van der Waals surface area contributed by atoms with Gasteiger partial charge in [0.15, 0.2) is 5.82 Å². The Labute approximate surface area is 99.8 Å². The van der Waals surface area contributed by atoms with Crippen LogP contribution in [0, 0.1) is 5.92 Å². The maximum atomic E-state index is 5.76. The molecule has 4 heteroatoms. The van der Waals surface area contributed by atoms with E-state index in [1.54, 1.807) is 6.20 Å². The van der Waals surface area contributed by atoms with E-state index >= 15 is 0 Å². The Morgan fingerprint density at radius 3 is 3.00 bits per heavy atom. The van der Waals surface area contributed by atoms with Gasteiger partial charge in [0, 0.05) is 23.2 Å². The molecule has 16 heavy (non-hydrogen) atoms. The lowest BCUT2D eigenvalue weighted by Gasteiger charge is -2.10. The fourth-order valence-corrected chi connectivity index (χ4v) is 1.59. The van der Waals surface area contributed by atoms with Crippen LogP contribution < -0.4 is 5.32 Å². The lowest BCUT2D eigenvalue weighted by atomic mass is 10.2. The van der Waals surface area contributed by atoms with E-state index in [1.165, 1.54) is 0 Å². The number of nitrogens with one attached hydrogen (secondary N) is 1. The molecule has 1 N–H and O–H groups in total. The monoisotopic (exact) mass is 235 g/mol. The van der Waals surface area contributed by atoms with Gasteiger partial charge in [-0.3, -0.25) is 0 Å². The summed E-state index contributed by atoms with van der Waals surface area (Å²) in [6, 6.07) is 8.06. The molecule has 0 saturated heterocycles. The van der Waals surface area contributed by atoms with Crippen LogP contribution in [0.3, 0.4) is 0 Å². The lowest BCUT2D eigenvalue weighted by molar-refractivity contribution is 0.694. The van der Waals surface area contributed by atoms with Crippen LogP contribution in [0.1, 0.15) is 6.92 Å². The summed E-state index contributed by atoms with van der Waals surface area (Å²) in [7, 11) is 0. The Balaban J connectivity index is 2.23. The molecule has 2 rings (SSSR count). The summed E-state index contributed by atoms with van der Waals surface area (Å²) >= 11 is 5.76. The number of fused-ring (bicyclic) bond motifs is 1. The fourth-order valence-electron chi connectivity index (χ4n) is 1.48. The Morgan fingerprint density at radius 1 is 1.38 bits per heavy atom. The van der Waals surface area contributed by atoms with Gasteiger partial charge in [-0.2, -0.15) is 5.10 Å². The van der Waals surface area contributed by atoms with Crippen molar-refractivity contribution in [1.82, 2.24) is 10.2 Å². The second kappa shape index (κ2) is 5.12. The topological polar surface area (TPSA) is 37.8 Å². The van der Waals surface area contributed by atoms with E-state index < -0.39 is 0 Å². The highest BCUT2D eigenvalue weighted by atomic mass is 35.5. The van der Waals surface area contributed by atoms with Crippen LogP contribution in [0.25, 0.3) is 10.8 Å². The molecule has 0 fully saturated rings. The summed E-state index contributed by atoms with van der Waals surface area (Å²) in [6.07, 6.45) is 1.77. The number of hydrogen-bond donors (Lipinski definition) is 1. The highest BCUT2D eigenvalue weighted by Gasteiger charge is 2.04. The zero-order chi connectivity index (χ0) is 11.4. The normalized spacial score (nSPS) is 12.6. The number of aromatic nitrogens is 2. The zero-order valence-electron chi connectivity index (χ0n) is 9.15. The molecule has 1 aromatic heterocycles. The minimum absolute atomic E-state index is 0.419. The van der Waals surface area contributed by atoms with Crippen molar-refractivity contribution in [2.24, 2.45) is 5.92 Å². The number of nitrogens with zero attached hydrogens (tertiary/aromatic N) is 2. The molecule has 3 nitrogen and oxygen atoms in total. The summed E-state index contributed by atoms with van der Waals surface area (Å²) in [6.45, 7) is 2.91. The predicted molar refractivity (Wildman–Crippen MR) is 67.9 cm³/mol. The van der Waals surface area contributed by atoms with E-state index in [0.717, 1.165) is 23.1 Å². The van der Waals surface area contributed by atoms with Crippen molar-refractivity contribution in [3.8, 4) is 0 Å². The van der Waals surface area contributed by atoms with Crippen LogP contribution in [0.5, 0.6) is 0 Å². The molecular formula is C12H14ClN3. The van der Waals surface area contributed by atoms with Crippen LogP contribution in [-0.2, 0) is 0 Å². The van der Waals surface area contributed by atoms with E-state index in [1.807, 2.05) is 24.3 Å². The molecule has 0 aliphatic rings. The van der Waals surface area contributed by atoms with Gasteiger partial charge in [0.1, 0.15) is 0 Å². The summed E-state index contributed by atoms with van der Waals surface area (Å²) < 4.78 is 0. The highest BCUT2D eigenvalue weighted by molar-refractivity contribution is 6.18. The van der Waals surface area contributed by atoms with Crippen LogP contribution in [-0.4, -0.2) is 22.6 Å². The van der Waals surface area contributed by atoms with E-state index in [-0.39, 0.29) is 0 Å². The SMILES string of the molecule is CC(CCl)CNc1nncc2ccccc12. The van der Waals surface area contributed by atoms with Gasteiger partial charge >= 0.3 is 0 Å². The van der Waals surface area contributed by atoms with Crippen LogP contribution >= 0.6 is 11.6 Å². The first-order chi connectivity index (χ1) is 7.81. The van der Waals surface area contributed by atoms with Gasteiger partial charge in [0.25, 0.3) is 0 Å². The van der Waals surface area contributed by atoms with E-state index in [0.29, 0.717) is 11.8 Å². The molecule has 84 valence electrons. The smallest absolute Gasteiger partial charge is 0.156 e. The number of anilines is 1. The van der Waals surface area contributed by atoms with Crippen molar-refractivity contribution < 1.29 is 0 Å². The number of rotatable bonds is 4. The van der Waals surface area contributed by atoms with Gasteiger partial charge in [-0.15, -0.1) is 16.7 Å². The van der Waals surface area contributed by atoms with Crippen molar-refractivity contribution in [3.05, 3.63) is 30.5 Å². The average molecular weight is 236 g/mol. The number of hydrogen-bond acceptors (Lipinski definition) is 3. The minimum atomic E-state index is 0.419. The van der Waals surface area contributed by atoms with Gasteiger partial charge in [0.05, 0.1) is 6.20 Å². The van der Waals surface area contributed by atoms with E-state index in [2.05, 4.69) is 22.4 Å². The molecule has 1 atom stereocenters. The first-order valence-electron chi connectivity index (χ1n) is 5.31. The van der Waals surface area contributed by atoms with Gasteiger partial charge in [0.2, 0.25) is 0 Å². The van der Waals surface area contributed by atoms with Crippen LogP contribution in [0.15, 0.2) is 30.5 Å². The van der Waals surface area contributed by atoms with Gasteiger partial charge in [-0.1, -0.05) is 31.2 Å². The molecule has 1 aromatic carbocycles. The van der Waals surface area contributed by atoms with Crippen LogP contribution in [0.2, 0.25) is 0 Å². The maximum absolute atomic E-state index is 5.76. The Kier molecular flexibility index (Phi) is 3.57. The van der Waals surface area contributed by atoms with Gasteiger partial charge in [-0.05, 0) is 5.92 Å². The summed E-state index contributed by atoms with van der Waals surface area (Å²) in [5, 5.41) is 13.6. The number of alkyl halides is 1. The van der Waals surface area contributed by atoms with Crippen molar-refractivity contribution in [3.63, 3.8) is 0 Å². The molecule has 0 aliphatic heterocycles. The average Bonchev–Trinajstić information content (AvgIpc) is 2.35. The molecule has 0 amide bonds. The largest absolute Gasteiger partial charge is 0.368 e. The second-order valence-corrected chi connectivity index (χ2v) is 4.23. The molecule has 1 heterocycles. The van der Waals surface area contributed by atoms with E-state index in [4.69, 9.17) is 11.6 Å². The standard InChI is InChI=1S/C12H14ClN3/c1-9(6-13)7-14-12-11-5-3-2-4-10(11)8-15-16-12/h2-5,8-9H,6-7H2,1H3,(H,14,16). The molecule has 0 bridgehead atoms. The highest BCUT2D eigenvalue weighted by Crippen LogP contribution is 2.19. The van der Waals surface area contributed by atoms with Crippen LogP contribution in [0.4, 0.5) is 5.82 Å². The first-order valence-corrected chi connectivity index (χ1v) is 5.85. The molecule has 1 unspecified atom stereocenters. The first kappa shape index (κ1) is 11.1. The molecule has 0 spiro atoms. The zero-order valence-corrected chi connectivity index (χ0v) is 9.91. The van der Waals surface area contributed by atoms with Gasteiger partial charge < -0.3 is 5.32 Å². The third-order valence-corrected chi connectivity index (χ3v) is 2.98. The molecule has 2 aromatic rings. The van der Waals surface area contributed by atoms with Crippen molar-refractivity contribution in [1.29, 1.82) is 0 Å². The molecule has 0 aliphatic carbocycles. The molecule has 0 saturated carbocycles. The maximum Gasteiger partial charge on any atom is 0.156 e. The fraction of sp³-hybridized carbons (Fsp3) is 0.333. The molecular weight excluding hydrogens is 222 g/mol. The van der Waals surface area contributed by atoms with Gasteiger partial charge in [-0.25, -0.2) is 0 Å². The predicted octanol–water partition coefficient (Wildman–Crippen LogP) is 2.92. The number of benzene rings is 1. The lowest BCUT2D eigenvalue weighted by Crippen LogP contribution is -2.13.